The van der Waals surface area contributed by atoms with Crippen molar-refractivity contribution in [2.45, 2.75) is 92.2 Å². The highest BCUT2D eigenvalue weighted by Crippen LogP contribution is 2.45. The number of rotatable bonds is 15. The quantitative estimate of drug-likeness (QED) is 0.243. The largest absolute Gasteiger partial charge is 0.463 e. The van der Waals surface area contributed by atoms with Gasteiger partial charge in [-0.3, -0.25) is 14.2 Å². The van der Waals surface area contributed by atoms with Gasteiger partial charge in [-0.25, -0.2) is 20.0 Å². The molecule has 0 saturated heterocycles. The number of carbonyl (C=O) groups excluding carboxylic acids is 2. The maximum absolute atomic E-state index is 13.9. The molecule has 0 amide bonds. The fourth-order valence-electron chi connectivity index (χ4n) is 3.37. The number of anilines is 1. The SMILES string of the molecule is CC(C)OC(=O)[C@@H](C)CCO[P@@](=O)(CO[C@H](C)Cn1cnc2c(N)ncnc21)NC(C)(C)C(=O)OC(C)C. The van der Waals surface area contributed by atoms with E-state index in [4.69, 9.17) is 24.5 Å². The van der Waals surface area contributed by atoms with Crippen molar-refractivity contribution in [1.29, 1.82) is 0 Å². The topological polar surface area (TPSA) is 170 Å². The van der Waals surface area contributed by atoms with Gasteiger partial charge in [0.15, 0.2) is 11.5 Å². The van der Waals surface area contributed by atoms with E-state index in [0.717, 1.165) is 0 Å². The summed E-state index contributed by atoms with van der Waals surface area (Å²) < 4.78 is 37.8. The number of nitrogens with zero attached hydrogens (tertiary/aromatic N) is 4. The zero-order valence-electron chi connectivity index (χ0n) is 23.5. The number of carbonyl (C=O) groups is 2. The summed E-state index contributed by atoms with van der Waals surface area (Å²) in [6.45, 7) is 13.9. The minimum absolute atomic E-state index is 0.0198. The summed E-state index contributed by atoms with van der Waals surface area (Å²) >= 11 is 0. The highest BCUT2D eigenvalue weighted by Gasteiger charge is 2.39. The second-order valence-corrected chi connectivity index (χ2v) is 12.4. The molecular weight excluding hydrogens is 515 g/mol. The molecule has 0 radical (unpaired) electrons. The Morgan fingerprint density at radius 1 is 1.08 bits per heavy atom. The molecule has 0 aromatic carbocycles. The lowest BCUT2D eigenvalue weighted by Gasteiger charge is -2.31. The second kappa shape index (κ2) is 13.5. The van der Waals surface area contributed by atoms with Gasteiger partial charge in [0, 0.05) is 0 Å². The molecule has 0 aliphatic heterocycles. The third-order valence-electron chi connectivity index (χ3n) is 5.32. The summed E-state index contributed by atoms with van der Waals surface area (Å²) in [4.78, 5) is 37.2. The Labute approximate surface area is 223 Å². The molecule has 2 aromatic heterocycles. The van der Waals surface area contributed by atoms with Crippen molar-refractivity contribution >= 4 is 36.4 Å². The van der Waals surface area contributed by atoms with Crippen molar-refractivity contribution < 1.29 is 32.9 Å². The molecule has 3 N–H and O–H groups in total. The molecule has 38 heavy (non-hydrogen) atoms. The summed E-state index contributed by atoms with van der Waals surface area (Å²) in [5.41, 5.74) is 5.55. The zero-order valence-corrected chi connectivity index (χ0v) is 24.4. The molecule has 0 aliphatic carbocycles. The third kappa shape index (κ3) is 9.30. The minimum atomic E-state index is -3.75. The molecule has 14 heteroatoms. The number of aromatic nitrogens is 4. The highest BCUT2D eigenvalue weighted by atomic mass is 31.2. The summed E-state index contributed by atoms with van der Waals surface area (Å²) in [6.07, 6.45) is 1.84. The number of fused-ring (bicyclic) bond motifs is 1. The van der Waals surface area contributed by atoms with Gasteiger partial charge in [0.25, 0.3) is 7.52 Å². The van der Waals surface area contributed by atoms with Crippen LogP contribution in [-0.4, -0.2) is 68.3 Å². The second-order valence-electron chi connectivity index (χ2n) is 10.3. The Morgan fingerprint density at radius 3 is 2.37 bits per heavy atom. The van der Waals surface area contributed by atoms with Gasteiger partial charge >= 0.3 is 11.9 Å². The lowest BCUT2D eigenvalue weighted by atomic mass is 10.1. The zero-order chi connectivity index (χ0) is 28.7. The van der Waals surface area contributed by atoms with Crippen LogP contribution in [0.5, 0.6) is 0 Å². The molecule has 0 spiro atoms. The molecule has 2 heterocycles. The van der Waals surface area contributed by atoms with Gasteiger partial charge < -0.3 is 29.0 Å². The van der Waals surface area contributed by atoms with Gasteiger partial charge in [0.1, 0.15) is 23.7 Å². The summed E-state index contributed by atoms with van der Waals surface area (Å²) in [6, 6.07) is 0. The Kier molecular flexibility index (Phi) is 11.2. The maximum Gasteiger partial charge on any atom is 0.326 e. The number of hydrogen-bond acceptors (Lipinski definition) is 11. The lowest BCUT2D eigenvalue weighted by molar-refractivity contribution is -0.153. The highest BCUT2D eigenvalue weighted by molar-refractivity contribution is 7.56. The van der Waals surface area contributed by atoms with Crippen molar-refractivity contribution in [3.05, 3.63) is 12.7 Å². The first kappa shape index (κ1) is 31.6. The first-order valence-electron chi connectivity index (χ1n) is 12.6. The molecule has 2 aromatic rings. The van der Waals surface area contributed by atoms with Crippen LogP contribution in [0, 0.1) is 5.92 Å². The molecule has 2 rings (SSSR count). The number of nitrogens with two attached hydrogens (primary N) is 1. The lowest BCUT2D eigenvalue weighted by Crippen LogP contribution is -2.47. The van der Waals surface area contributed by atoms with E-state index in [2.05, 4.69) is 20.0 Å². The van der Waals surface area contributed by atoms with Crippen LogP contribution in [0.2, 0.25) is 0 Å². The van der Waals surface area contributed by atoms with Crippen molar-refractivity contribution in [2.75, 3.05) is 18.7 Å². The predicted octanol–water partition coefficient (Wildman–Crippen LogP) is 3.28. The molecule has 3 atom stereocenters. The molecular formula is C24H41N6O7P. The van der Waals surface area contributed by atoms with Crippen molar-refractivity contribution in [3.8, 4) is 0 Å². The average molecular weight is 557 g/mol. The summed E-state index contributed by atoms with van der Waals surface area (Å²) in [5, 5.41) is 2.82. The van der Waals surface area contributed by atoms with E-state index in [1.807, 2.05) is 0 Å². The molecule has 0 aliphatic rings. The van der Waals surface area contributed by atoms with Crippen LogP contribution in [0.4, 0.5) is 5.82 Å². The van der Waals surface area contributed by atoms with Gasteiger partial charge in [0.05, 0.1) is 43.7 Å². The Bertz CT molecular complexity index is 1140. The van der Waals surface area contributed by atoms with Crippen LogP contribution in [0.3, 0.4) is 0 Å². The van der Waals surface area contributed by atoms with Crippen LogP contribution in [0.15, 0.2) is 12.7 Å². The van der Waals surface area contributed by atoms with Crippen molar-refractivity contribution in [3.63, 3.8) is 0 Å². The van der Waals surface area contributed by atoms with Gasteiger partial charge in [-0.05, 0) is 54.9 Å². The van der Waals surface area contributed by atoms with E-state index in [1.54, 1.807) is 66.3 Å². The standard InChI is InChI=1S/C24H41N6O7P/c1-15(2)36-22(31)17(5)9-10-35-38(33,29-24(7,8)23(32)37-16(3)4)14-34-18(6)11-30-13-28-19-20(25)26-12-27-21(19)30/h12-13,15-18H,9-11,14H2,1-8H3,(H,29,33)(H2,25,26,27)/t17-,18+,38-/m0/s1. The Hall–Kier alpha value is -2.60. The molecule has 0 bridgehead atoms. The van der Waals surface area contributed by atoms with E-state index < -0.39 is 31.0 Å². The number of nitrogen functional groups attached to an aromatic ring is 1. The van der Waals surface area contributed by atoms with Gasteiger partial charge in [-0.2, -0.15) is 0 Å². The van der Waals surface area contributed by atoms with E-state index in [-0.39, 0.29) is 43.4 Å². The first-order valence-corrected chi connectivity index (χ1v) is 14.4. The molecule has 13 nitrogen and oxygen atoms in total. The fraction of sp³-hybridized carbons (Fsp3) is 0.708. The van der Waals surface area contributed by atoms with Crippen LogP contribution in [-0.2, 0) is 39.4 Å². The molecule has 214 valence electrons. The van der Waals surface area contributed by atoms with Gasteiger partial charge in [-0.15, -0.1) is 0 Å². The maximum atomic E-state index is 13.9. The number of nitrogens with one attached hydrogen (secondary N) is 1. The monoisotopic (exact) mass is 556 g/mol. The number of esters is 2. The van der Waals surface area contributed by atoms with E-state index in [0.29, 0.717) is 17.7 Å². The van der Waals surface area contributed by atoms with Crippen molar-refractivity contribution in [1.82, 2.24) is 24.6 Å². The molecule has 0 fully saturated rings. The average Bonchev–Trinajstić information content (AvgIpc) is 3.20. The van der Waals surface area contributed by atoms with Gasteiger partial charge in [0.2, 0.25) is 0 Å². The van der Waals surface area contributed by atoms with Gasteiger partial charge in [-0.1, -0.05) is 6.92 Å². The van der Waals surface area contributed by atoms with E-state index in [1.165, 1.54) is 6.33 Å². The van der Waals surface area contributed by atoms with Crippen LogP contribution >= 0.6 is 7.52 Å². The van der Waals surface area contributed by atoms with Crippen LogP contribution < -0.4 is 10.8 Å². The number of hydrogen-bond donors (Lipinski definition) is 2. The first-order chi connectivity index (χ1) is 17.6. The number of ether oxygens (including phenoxy) is 3. The molecule has 0 saturated carbocycles. The van der Waals surface area contributed by atoms with E-state index in [9.17, 15) is 14.2 Å². The minimum Gasteiger partial charge on any atom is -0.463 e. The summed E-state index contributed by atoms with van der Waals surface area (Å²) in [7, 11) is -3.75. The Balaban J connectivity index is 2.10. The van der Waals surface area contributed by atoms with Crippen molar-refractivity contribution in [2.24, 2.45) is 5.92 Å². The normalized spacial score (nSPS) is 15.4. The fourth-order valence-corrected chi connectivity index (χ4v) is 5.36. The third-order valence-corrected chi connectivity index (χ3v) is 7.31. The predicted molar refractivity (Wildman–Crippen MR) is 142 cm³/mol. The van der Waals surface area contributed by atoms with E-state index >= 15 is 0 Å². The summed E-state index contributed by atoms with van der Waals surface area (Å²) in [5.74, 6) is -1.14. The van der Waals surface area contributed by atoms with Crippen LogP contribution in [0.1, 0.15) is 61.8 Å². The van der Waals surface area contributed by atoms with Crippen LogP contribution in [0.25, 0.3) is 11.2 Å². The Morgan fingerprint density at radius 2 is 1.74 bits per heavy atom. The smallest absolute Gasteiger partial charge is 0.326 e. The molecule has 0 unspecified atom stereocenters. The number of imidazole rings is 1.